The zero-order chi connectivity index (χ0) is 9.28. The van der Waals surface area contributed by atoms with E-state index in [1.54, 1.807) is 0 Å². The normalized spacial score (nSPS) is 16.3. The standard InChI is InChI=1S/C10H23B/c1-8(9(2,3)4)10(5,6)11-7/h8,11H,1-7H3. The van der Waals surface area contributed by atoms with E-state index in [0.717, 1.165) is 5.92 Å². The minimum absolute atomic E-state index is 0.444. The van der Waals surface area contributed by atoms with Crippen molar-refractivity contribution in [2.45, 2.75) is 53.7 Å². The molecule has 1 heteroatoms. The van der Waals surface area contributed by atoms with Gasteiger partial charge in [0, 0.05) is 0 Å². The van der Waals surface area contributed by atoms with E-state index in [2.05, 4.69) is 48.4 Å². The van der Waals surface area contributed by atoms with Crippen molar-refractivity contribution >= 4 is 7.28 Å². The summed E-state index contributed by atoms with van der Waals surface area (Å²) in [6, 6.07) is 0. The molecule has 0 spiro atoms. The van der Waals surface area contributed by atoms with Crippen LogP contribution in [0.1, 0.15) is 41.5 Å². The molecule has 0 heterocycles. The second-order valence-corrected chi connectivity index (χ2v) is 5.43. The summed E-state index contributed by atoms with van der Waals surface area (Å²) in [6.07, 6.45) is 0. The van der Waals surface area contributed by atoms with Gasteiger partial charge in [-0.25, -0.2) is 0 Å². The van der Waals surface area contributed by atoms with Crippen LogP contribution in [0.25, 0.3) is 0 Å². The summed E-state index contributed by atoms with van der Waals surface area (Å²) in [4.78, 5) is 0. The summed E-state index contributed by atoms with van der Waals surface area (Å²) in [5, 5.41) is 0.484. The van der Waals surface area contributed by atoms with Crippen LogP contribution < -0.4 is 0 Å². The molecule has 0 aromatic heterocycles. The molecular weight excluding hydrogens is 131 g/mol. The van der Waals surface area contributed by atoms with Crippen molar-refractivity contribution in [1.29, 1.82) is 0 Å². The molecule has 0 N–H and O–H groups in total. The first-order valence-electron chi connectivity index (χ1n) is 4.72. The molecule has 0 amide bonds. The van der Waals surface area contributed by atoms with Gasteiger partial charge in [0.25, 0.3) is 0 Å². The Morgan fingerprint density at radius 1 is 1.00 bits per heavy atom. The summed E-state index contributed by atoms with van der Waals surface area (Å²) in [6.45, 7) is 16.4. The second kappa shape index (κ2) is 3.20. The Balaban J connectivity index is 4.35. The van der Waals surface area contributed by atoms with E-state index in [1.165, 1.54) is 7.28 Å². The second-order valence-electron chi connectivity index (χ2n) is 5.43. The third kappa shape index (κ3) is 2.88. The van der Waals surface area contributed by atoms with Crippen LogP contribution in [0.2, 0.25) is 12.1 Å². The molecule has 0 saturated carbocycles. The zero-order valence-corrected chi connectivity index (χ0v) is 9.28. The number of hydrogen-bond acceptors (Lipinski definition) is 0. The van der Waals surface area contributed by atoms with Gasteiger partial charge in [-0.3, -0.25) is 0 Å². The lowest BCUT2D eigenvalue weighted by atomic mass is 9.47. The lowest BCUT2D eigenvalue weighted by Gasteiger charge is -2.39. The van der Waals surface area contributed by atoms with Crippen molar-refractivity contribution in [3.63, 3.8) is 0 Å². The Morgan fingerprint density at radius 2 is 1.36 bits per heavy atom. The monoisotopic (exact) mass is 154 g/mol. The van der Waals surface area contributed by atoms with E-state index < -0.39 is 0 Å². The van der Waals surface area contributed by atoms with Crippen molar-refractivity contribution < 1.29 is 0 Å². The summed E-state index contributed by atoms with van der Waals surface area (Å²) < 4.78 is 0. The van der Waals surface area contributed by atoms with Crippen LogP contribution in [0.3, 0.4) is 0 Å². The molecule has 0 radical (unpaired) electrons. The molecule has 0 aliphatic carbocycles. The SMILES string of the molecule is CBC(C)(C)C(C)C(C)(C)C. The molecule has 0 aromatic rings. The number of hydrogen-bond donors (Lipinski definition) is 0. The Kier molecular flexibility index (Phi) is 3.22. The average molecular weight is 154 g/mol. The Bertz CT molecular complexity index is 119. The minimum Gasteiger partial charge on any atom is -0.0889 e. The highest BCUT2D eigenvalue weighted by atomic mass is 14.3. The fourth-order valence-corrected chi connectivity index (χ4v) is 1.48. The fourth-order valence-electron chi connectivity index (χ4n) is 1.48. The molecule has 1 atom stereocenters. The van der Waals surface area contributed by atoms with Gasteiger partial charge < -0.3 is 0 Å². The maximum atomic E-state index is 2.36. The average Bonchev–Trinajstić information content (AvgIpc) is 1.84. The van der Waals surface area contributed by atoms with E-state index in [4.69, 9.17) is 0 Å². The predicted molar refractivity (Wildman–Crippen MR) is 55.7 cm³/mol. The Hall–Kier alpha value is 0.0649. The minimum atomic E-state index is 0.444. The van der Waals surface area contributed by atoms with E-state index >= 15 is 0 Å². The van der Waals surface area contributed by atoms with Crippen LogP contribution in [0.4, 0.5) is 0 Å². The maximum Gasteiger partial charge on any atom is 0.124 e. The fraction of sp³-hybridized carbons (Fsp3) is 1.00. The topological polar surface area (TPSA) is 0 Å². The van der Waals surface area contributed by atoms with Gasteiger partial charge in [0.05, 0.1) is 0 Å². The highest BCUT2D eigenvalue weighted by Crippen LogP contribution is 2.43. The summed E-state index contributed by atoms with van der Waals surface area (Å²) in [7, 11) is 1.27. The van der Waals surface area contributed by atoms with Crippen LogP contribution in [-0.4, -0.2) is 7.28 Å². The van der Waals surface area contributed by atoms with Crippen molar-refractivity contribution in [2.75, 3.05) is 0 Å². The van der Waals surface area contributed by atoms with Crippen molar-refractivity contribution in [3.05, 3.63) is 0 Å². The maximum absolute atomic E-state index is 2.36. The molecule has 0 nitrogen and oxygen atoms in total. The van der Waals surface area contributed by atoms with Crippen LogP contribution in [0, 0.1) is 11.3 Å². The predicted octanol–water partition coefficient (Wildman–Crippen LogP) is 3.35. The summed E-state index contributed by atoms with van der Waals surface area (Å²) in [5.74, 6) is 0.778. The first kappa shape index (κ1) is 11.1. The van der Waals surface area contributed by atoms with E-state index in [1.807, 2.05) is 0 Å². The highest BCUT2D eigenvalue weighted by molar-refractivity contribution is 6.38. The van der Waals surface area contributed by atoms with Gasteiger partial charge >= 0.3 is 0 Å². The molecule has 11 heavy (non-hydrogen) atoms. The van der Waals surface area contributed by atoms with Crippen molar-refractivity contribution in [3.8, 4) is 0 Å². The zero-order valence-electron chi connectivity index (χ0n) is 9.28. The third-order valence-corrected chi connectivity index (χ3v) is 3.38. The van der Waals surface area contributed by atoms with Crippen molar-refractivity contribution in [2.24, 2.45) is 11.3 Å². The quantitative estimate of drug-likeness (QED) is 0.535. The van der Waals surface area contributed by atoms with Gasteiger partial charge in [0.15, 0.2) is 0 Å². The molecule has 0 fully saturated rings. The van der Waals surface area contributed by atoms with E-state index in [-0.39, 0.29) is 0 Å². The first-order valence-corrected chi connectivity index (χ1v) is 4.72. The summed E-state index contributed by atoms with van der Waals surface area (Å²) >= 11 is 0. The highest BCUT2D eigenvalue weighted by Gasteiger charge is 2.32. The first-order chi connectivity index (χ1) is 4.72. The van der Waals surface area contributed by atoms with Crippen LogP contribution in [-0.2, 0) is 0 Å². The van der Waals surface area contributed by atoms with E-state index in [0.29, 0.717) is 10.7 Å². The van der Waals surface area contributed by atoms with Crippen LogP contribution in [0.5, 0.6) is 0 Å². The lowest BCUT2D eigenvalue weighted by molar-refractivity contribution is 0.208. The molecule has 0 aliphatic rings. The molecule has 0 aromatic carbocycles. The van der Waals surface area contributed by atoms with Gasteiger partial charge in [-0.15, -0.1) is 0 Å². The number of rotatable bonds is 2. The van der Waals surface area contributed by atoms with Crippen LogP contribution in [0.15, 0.2) is 0 Å². The molecule has 0 bridgehead atoms. The molecule has 0 saturated heterocycles. The molecule has 66 valence electrons. The smallest absolute Gasteiger partial charge is 0.0889 e. The van der Waals surface area contributed by atoms with Crippen molar-refractivity contribution in [1.82, 2.24) is 0 Å². The van der Waals surface area contributed by atoms with Gasteiger partial charge in [-0.2, -0.15) is 0 Å². The van der Waals surface area contributed by atoms with Gasteiger partial charge in [0.1, 0.15) is 7.28 Å². The molecule has 0 rings (SSSR count). The Morgan fingerprint density at radius 3 is 1.45 bits per heavy atom. The van der Waals surface area contributed by atoms with Gasteiger partial charge in [-0.1, -0.05) is 53.7 Å². The molecular formula is C10H23B. The largest absolute Gasteiger partial charge is 0.124 e. The lowest BCUT2D eigenvalue weighted by Crippen LogP contribution is -2.30. The molecule has 0 aliphatic heterocycles. The van der Waals surface area contributed by atoms with Crippen LogP contribution >= 0.6 is 0 Å². The Labute approximate surface area is 73.0 Å². The van der Waals surface area contributed by atoms with E-state index in [9.17, 15) is 0 Å². The van der Waals surface area contributed by atoms with Gasteiger partial charge in [-0.05, 0) is 11.3 Å². The van der Waals surface area contributed by atoms with Gasteiger partial charge in [0.2, 0.25) is 0 Å². The third-order valence-electron chi connectivity index (χ3n) is 3.38. The summed E-state index contributed by atoms with van der Waals surface area (Å²) in [5.41, 5.74) is 0.444. The molecule has 1 unspecified atom stereocenters.